The van der Waals surface area contributed by atoms with E-state index < -0.39 is 0 Å². The predicted octanol–water partition coefficient (Wildman–Crippen LogP) is 3.00. The summed E-state index contributed by atoms with van der Waals surface area (Å²) >= 11 is 0. The lowest BCUT2D eigenvalue weighted by Gasteiger charge is -2.27. The van der Waals surface area contributed by atoms with Crippen molar-refractivity contribution in [2.75, 3.05) is 18.0 Å². The minimum atomic E-state index is 0.0110. The number of anilines is 1. The van der Waals surface area contributed by atoms with Crippen LogP contribution < -0.4 is 10.2 Å². The van der Waals surface area contributed by atoms with E-state index in [0.29, 0.717) is 19.0 Å². The van der Waals surface area contributed by atoms with E-state index in [4.69, 9.17) is 0 Å². The van der Waals surface area contributed by atoms with Gasteiger partial charge in [-0.2, -0.15) is 0 Å². The number of rotatable bonds is 6. The Hall–Kier alpha value is -1.84. The first-order chi connectivity index (χ1) is 10.4. The molecule has 0 heterocycles. The molecular weight excluding hydrogens is 276 g/mol. The number of benzene rings is 1. The van der Waals surface area contributed by atoms with Crippen LogP contribution in [0.5, 0.6) is 0 Å². The quantitative estimate of drug-likeness (QED) is 0.878. The largest absolute Gasteiger partial charge is 0.354 e. The Labute approximate surface area is 132 Å². The molecular formula is C18H26N2O2. The molecule has 0 unspecified atom stereocenters. The van der Waals surface area contributed by atoms with Gasteiger partial charge >= 0.3 is 0 Å². The van der Waals surface area contributed by atoms with Gasteiger partial charge in [0.05, 0.1) is 5.69 Å². The molecule has 0 aromatic heterocycles. The molecule has 1 aromatic rings. The fraction of sp³-hybridized carbons (Fsp3) is 0.556. The summed E-state index contributed by atoms with van der Waals surface area (Å²) in [6.45, 7) is 8.88. The normalized spacial score (nSPS) is 14.0. The van der Waals surface area contributed by atoms with Gasteiger partial charge in [0.1, 0.15) is 0 Å². The number of nitrogens with one attached hydrogen (secondary N) is 1. The Kier molecular flexibility index (Phi) is 5.22. The molecule has 1 aromatic carbocycles. The predicted molar refractivity (Wildman–Crippen MR) is 89.0 cm³/mol. The number of carbonyl (C=O) groups excluding carboxylic acids is 2. The minimum Gasteiger partial charge on any atom is -0.354 e. The highest BCUT2D eigenvalue weighted by Gasteiger charge is 2.29. The van der Waals surface area contributed by atoms with Crippen molar-refractivity contribution < 1.29 is 9.59 Å². The summed E-state index contributed by atoms with van der Waals surface area (Å²) in [5, 5.41) is 2.94. The molecule has 0 saturated heterocycles. The third-order valence-corrected chi connectivity index (χ3v) is 4.12. The van der Waals surface area contributed by atoms with Crippen LogP contribution in [0.2, 0.25) is 0 Å². The molecule has 2 rings (SSSR count). The maximum absolute atomic E-state index is 12.1. The van der Waals surface area contributed by atoms with Crippen molar-refractivity contribution >= 4 is 17.5 Å². The molecule has 4 heteroatoms. The smallest absolute Gasteiger partial charge is 0.223 e. The number of aryl methyl sites for hydroxylation is 1. The van der Waals surface area contributed by atoms with Gasteiger partial charge < -0.3 is 10.2 Å². The van der Waals surface area contributed by atoms with E-state index in [2.05, 4.69) is 25.2 Å². The average molecular weight is 302 g/mol. The van der Waals surface area contributed by atoms with Crippen molar-refractivity contribution in [1.82, 2.24) is 5.32 Å². The van der Waals surface area contributed by atoms with E-state index in [1.165, 1.54) is 5.56 Å². The van der Waals surface area contributed by atoms with Crippen LogP contribution in [0.1, 0.15) is 50.7 Å². The number of carbonyl (C=O) groups is 2. The van der Waals surface area contributed by atoms with Crippen LogP contribution in [-0.4, -0.2) is 24.9 Å². The third kappa shape index (κ3) is 3.87. The van der Waals surface area contributed by atoms with Gasteiger partial charge in [-0.05, 0) is 36.8 Å². The molecule has 0 radical (unpaired) electrons. The van der Waals surface area contributed by atoms with E-state index in [1.54, 1.807) is 11.8 Å². The van der Waals surface area contributed by atoms with Crippen molar-refractivity contribution in [3.8, 4) is 0 Å². The van der Waals surface area contributed by atoms with Crippen LogP contribution in [0.25, 0.3) is 0 Å². The van der Waals surface area contributed by atoms with E-state index in [9.17, 15) is 9.59 Å². The van der Waals surface area contributed by atoms with Gasteiger partial charge in [0.15, 0.2) is 0 Å². The maximum Gasteiger partial charge on any atom is 0.223 e. The van der Waals surface area contributed by atoms with Crippen molar-refractivity contribution in [1.29, 1.82) is 0 Å². The van der Waals surface area contributed by atoms with Gasteiger partial charge in [-0.1, -0.05) is 32.0 Å². The average Bonchev–Trinajstić information content (AvgIpc) is 3.28. The Bertz CT molecular complexity index is 562. The zero-order valence-corrected chi connectivity index (χ0v) is 14.0. The lowest BCUT2D eigenvalue weighted by atomic mass is 9.97. The van der Waals surface area contributed by atoms with Crippen LogP contribution in [0, 0.1) is 12.8 Å². The lowest BCUT2D eigenvalue weighted by Crippen LogP contribution is -2.38. The summed E-state index contributed by atoms with van der Waals surface area (Å²) < 4.78 is 0. The van der Waals surface area contributed by atoms with Crippen molar-refractivity contribution in [3.63, 3.8) is 0 Å². The van der Waals surface area contributed by atoms with Crippen LogP contribution in [0.15, 0.2) is 18.2 Å². The van der Waals surface area contributed by atoms with E-state index in [0.717, 1.165) is 24.1 Å². The summed E-state index contributed by atoms with van der Waals surface area (Å²) in [6.07, 6.45) is 2.00. The first-order valence-electron chi connectivity index (χ1n) is 8.07. The van der Waals surface area contributed by atoms with Crippen LogP contribution >= 0.6 is 0 Å². The van der Waals surface area contributed by atoms with Gasteiger partial charge in [0.25, 0.3) is 0 Å². The molecule has 1 saturated carbocycles. The second kappa shape index (κ2) is 6.95. The Morgan fingerprint density at radius 3 is 2.55 bits per heavy atom. The van der Waals surface area contributed by atoms with E-state index >= 15 is 0 Å². The summed E-state index contributed by atoms with van der Waals surface area (Å²) in [4.78, 5) is 25.6. The third-order valence-electron chi connectivity index (χ3n) is 4.12. The number of para-hydroxylation sites is 1. The Morgan fingerprint density at radius 2 is 2.00 bits per heavy atom. The SMILES string of the molecule is CC(=O)N(CCNC(=O)C1CC1)c1c(C)cccc1C(C)C. The highest BCUT2D eigenvalue weighted by molar-refractivity contribution is 5.93. The molecule has 4 nitrogen and oxygen atoms in total. The maximum atomic E-state index is 12.1. The second-order valence-electron chi connectivity index (χ2n) is 6.40. The molecule has 1 aliphatic rings. The molecule has 120 valence electrons. The molecule has 2 amide bonds. The Morgan fingerprint density at radius 1 is 1.32 bits per heavy atom. The van der Waals surface area contributed by atoms with E-state index in [-0.39, 0.29) is 17.7 Å². The van der Waals surface area contributed by atoms with Crippen molar-refractivity contribution in [2.24, 2.45) is 5.92 Å². The van der Waals surface area contributed by atoms with Gasteiger partial charge in [-0.15, -0.1) is 0 Å². The summed E-state index contributed by atoms with van der Waals surface area (Å²) in [7, 11) is 0. The Balaban J connectivity index is 2.13. The standard InChI is InChI=1S/C18H26N2O2/c1-12(2)16-7-5-6-13(3)17(16)20(14(4)21)11-10-19-18(22)15-8-9-15/h5-7,12,15H,8-11H2,1-4H3,(H,19,22). The molecule has 0 aliphatic heterocycles. The summed E-state index contributed by atoms with van der Waals surface area (Å²) in [6, 6.07) is 6.13. The molecule has 0 spiro atoms. The van der Waals surface area contributed by atoms with Gasteiger partial charge in [0.2, 0.25) is 11.8 Å². The first kappa shape index (κ1) is 16.5. The van der Waals surface area contributed by atoms with Gasteiger partial charge in [0, 0.05) is 25.9 Å². The van der Waals surface area contributed by atoms with Gasteiger partial charge in [-0.3, -0.25) is 9.59 Å². The zero-order valence-electron chi connectivity index (χ0n) is 14.0. The van der Waals surface area contributed by atoms with Crippen molar-refractivity contribution in [3.05, 3.63) is 29.3 Å². The number of amides is 2. The monoisotopic (exact) mass is 302 g/mol. The van der Waals surface area contributed by atoms with Crippen molar-refractivity contribution in [2.45, 2.75) is 46.5 Å². The lowest BCUT2D eigenvalue weighted by molar-refractivity contribution is -0.122. The summed E-state index contributed by atoms with van der Waals surface area (Å²) in [5.74, 6) is 0.683. The molecule has 0 atom stereocenters. The van der Waals surface area contributed by atoms with Crippen LogP contribution in [0.4, 0.5) is 5.69 Å². The molecule has 1 aliphatic carbocycles. The van der Waals surface area contributed by atoms with E-state index in [1.807, 2.05) is 19.1 Å². The molecule has 0 bridgehead atoms. The topological polar surface area (TPSA) is 49.4 Å². The number of hydrogen-bond donors (Lipinski definition) is 1. The van der Waals surface area contributed by atoms with Gasteiger partial charge in [-0.25, -0.2) is 0 Å². The number of hydrogen-bond acceptors (Lipinski definition) is 2. The van der Waals surface area contributed by atoms with Crippen LogP contribution in [-0.2, 0) is 9.59 Å². The zero-order chi connectivity index (χ0) is 16.3. The fourth-order valence-electron chi connectivity index (χ4n) is 2.72. The molecule has 22 heavy (non-hydrogen) atoms. The second-order valence-corrected chi connectivity index (χ2v) is 6.40. The first-order valence-corrected chi connectivity index (χ1v) is 8.07. The van der Waals surface area contributed by atoms with Crippen LogP contribution in [0.3, 0.4) is 0 Å². The fourth-order valence-corrected chi connectivity index (χ4v) is 2.72. The summed E-state index contributed by atoms with van der Waals surface area (Å²) in [5.41, 5.74) is 3.25. The minimum absolute atomic E-state index is 0.0110. The molecule has 1 fully saturated rings. The highest BCUT2D eigenvalue weighted by Crippen LogP contribution is 2.31. The molecule has 1 N–H and O–H groups in total. The number of nitrogens with zero attached hydrogens (tertiary/aromatic N) is 1. The highest BCUT2D eigenvalue weighted by atomic mass is 16.2.